The molecule has 2 heterocycles. The Morgan fingerprint density at radius 3 is 2.11 bits per heavy atom. The first kappa shape index (κ1) is 24.8. The minimum Gasteiger partial charge on any atom is -0.348 e. The Morgan fingerprint density at radius 1 is 0.971 bits per heavy atom. The van der Waals surface area contributed by atoms with Crippen LogP contribution in [0.2, 0.25) is 0 Å². The zero-order chi connectivity index (χ0) is 25.2. The lowest BCUT2D eigenvalue weighted by molar-refractivity contribution is -0.144. The van der Waals surface area contributed by atoms with E-state index in [1.54, 1.807) is 4.90 Å². The second-order valence-corrected chi connectivity index (χ2v) is 10.7. The number of para-hydroxylation sites is 1. The smallest absolute Gasteiger partial charge is 0.250 e. The Bertz CT molecular complexity index is 1060. The van der Waals surface area contributed by atoms with E-state index >= 15 is 0 Å². The number of nitrogens with zero attached hydrogens (tertiary/aromatic N) is 3. The van der Waals surface area contributed by atoms with Gasteiger partial charge in [-0.3, -0.25) is 14.4 Å². The molecule has 1 unspecified atom stereocenters. The zero-order valence-electron chi connectivity index (χ0n) is 21.2. The van der Waals surface area contributed by atoms with Crippen molar-refractivity contribution in [2.75, 3.05) is 31.2 Å². The molecule has 1 atom stereocenters. The number of likely N-dealkylation sites (tertiary alicyclic amines) is 1. The van der Waals surface area contributed by atoms with Crippen LogP contribution in [0.5, 0.6) is 0 Å². The summed E-state index contributed by atoms with van der Waals surface area (Å²) in [4.78, 5) is 45.3. The van der Waals surface area contributed by atoms with E-state index in [0.717, 1.165) is 11.3 Å². The van der Waals surface area contributed by atoms with Gasteiger partial charge in [-0.05, 0) is 37.5 Å². The van der Waals surface area contributed by atoms with E-state index < -0.39 is 11.0 Å². The minimum absolute atomic E-state index is 0.00568. The fourth-order valence-electron chi connectivity index (χ4n) is 5.16. The van der Waals surface area contributed by atoms with Crippen molar-refractivity contribution in [2.45, 2.75) is 52.1 Å². The molecule has 1 N–H and O–H groups in total. The van der Waals surface area contributed by atoms with Crippen molar-refractivity contribution in [2.24, 2.45) is 5.41 Å². The molecule has 2 aromatic rings. The lowest BCUT2D eigenvalue weighted by Crippen LogP contribution is -2.58. The third-order valence-corrected chi connectivity index (χ3v) is 7.11. The molecule has 35 heavy (non-hydrogen) atoms. The minimum atomic E-state index is -0.749. The molecule has 2 fully saturated rings. The van der Waals surface area contributed by atoms with E-state index in [1.807, 2.05) is 93.3 Å². The summed E-state index contributed by atoms with van der Waals surface area (Å²) in [5, 5.41) is 3.02. The van der Waals surface area contributed by atoms with E-state index in [1.165, 1.54) is 0 Å². The number of nitrogens with one attached hydrogen (secondary N) is 1. The lowest BCUT2D eigenvalue weighted by atomic mass is 9.84. The van der Waals surface area contributed by atoms with Gasteiger partial charge in [0.05, 0.1) is 12.7 Å². The molecule has 0 saturated carbocycles. The van der Waals surface area contributed by atoms with Crippen molar-refractivity contribution in [3.63, 3.8) is 0 Å². The normalized spacial score (nSPS) is 18.6. The molecule has 2 aliphatic heterocycles. The summed E-state index contributed by atoms with van der Waals surface area (Å²) in [6, 6.07) is 19.5. The third-order valence-electron chi connectivity index (χ3n) is 7.11. The molecule has 4 rings (SSSR count). The van der Waals surface area contributed by atoms with Crippen LogP contribution in [0.4, 0.5) is 5.69 Å². The molecular formula is C28H36N4O3. The van der Waals surface area contributed by atoms with Crippen LogP contribution in [-0.4, -0.2) is 59.4 Å². The predicted molar refractivity (Wildman–Crippen MR) is 137 cm³/mol. The van der Waals surface area contributed by atoms with Crippen LogP contribution in [-0.2, 0) is 14.4 Å². The van der Waals surface area contributed by atoms with Gasteiger partial charge in [0.25, 0.3) is 5.91 Å². The molecule has 7 nitrogen and oxygen atoms in total. The molecule has 0 aliphatic carbocycles. The average Bonchev–Trinajstić information content (AvgIpc) is 3.10. The number of carbonyl (C=O) groups is 3. The summed E-state index contributed by atoms with van der Waals surface area (Å²) in [6.07, 6.45) is 1.09. The van der Waals surface area contributed by atoms with Crippen LogP contribution >= 0.6 is 0 Å². The highest BCUT2D eigenvalue weighted by Crippen LogP contribution is 2.40. The maximum atomic E-state index is 13.8. The fourth-order valence-corrected chi connectivity index (χ4v) is 5.16. The van der Waals surface area contributed by atoms with Crippen LogP contribution < -0.4 is 10.2 Å². The predicted octanol–water partition coefficient (Wildman–Crippen LogP) is 3.58. The van der Waals surface area contributed by atoms with Crippen molar-refractivity contribution < 1.29 is 14.4 Å². The molecule has 7 heteroatoms. The number of anilines is 1. The summed E-state index contributed by atoms with van der Waals surface area (Å²) in [6.45, 7) is 9.12. The Morgan fingerprint density at radius 2 is 1.54 bits per heavy atom. The summed E-state index contributed by atoms with van der Waals surface area (Å²) in [7, 11) is 0. The van der Waals surface area contributed by atoms with Gasteiger partial charge in [-0.1, -0.05) is 69.3 Å². The average molecular weight is 477 g/mol. The van der Waals surface area contributed by atoms with Gasteiger partial charge in [0, 0.05) is 24.2 Å². The topological polar surface area (TPSA) is 73.0 Å². The van der Waals surface area contributed by atoms with E-state index in [-0.39, 0.29) is 30.3 Å². The number of rotatable bonds is 5. The first-order valence-corrected chi connectivity index (χ1v) is 12.4. The van der Waals surface area contributed by atoms with Crippen molar-refractivity contribution in [3.05, 3.63) is 66.2 Å². The molecule has 2 saturated heterocycles. The van der Waals surface area contributed by atoms with E-state index in [2.05, 4.69) is 10.2 Å². The van der Waals surface area contributed by atoms with Crippen LogP contribution in [0, 0.1) is 5.41 Å². The van der Waals surface area contributed by atoms with Crippen LogP contribution in [0.1, 0.15) is 52.1 Å². The van der Waals surface area contributed by atoms with Gasteiger partial charge in [-0.2, -0.15) is 0 Å². The van der Waals surface area contributed by atoms with E-state index in [9.17, 15) is 14.4 Å². The highest BCUT2D eigenvalue weighted by Gasteiger charge is 2.54. The molecule has 0 bridgehead atoms. The number of carbonyl (C=O) groups excluding carboxylic acids is 3. The quantitative estimate of drug-likeness (QED) is 0.716. The molecule has 3 amide bonds. The number of piperidine rings is 1. The molecule has 2 aromatic carbocycles. The number of hydrogen-bond donors (Lipinski definition) is 1. The number of benzene rings is 2. The zero-order valence-corrected chi connectivity index (χ0v) is 21.2. The lowest BCUT2D eigenvalue weighted by Gasteiger charge is -2.44. The Kier molecular flexibility index (Phi) is 6.88. The molecule has 1 spiro atoms. The summed E-state index contributed by atoms with van der Waals surface area (Å²) in [5.41, 5.74) is 0.772. The van der Waals surface area contributed by atoms with E-state index in [4.69, 9.17) is 0 Å². The van der Waals surface area contributed by atoms with Crippen molar-refractivity contribution in [3.8, 4) is 0 Å². The van der Waals surface area contributed by atoms with Gasteiger partial charge < -0.3 is 20.0 Å². The van der Waals surface area contributed by atoms with Gasteiger partial charge >= 0.3 is 0 Å². The van der Waals surface area contributed by atoms with Gasteiger partial charge in [-0.15, -0.1) is 0 Å². The van der Waals surface area contributed by atoms with Gasteiger partial charge in [0.15, 0.2) is 0 Å². The third kappa shape index (κ3) is 5.04. The second-order valence-electron chi connectivity index (χ2n) is 10.7. The Balaban J connectivity index is 1.51. The highest BCUT2D eigenvalue weighted by atomic mass is 16.2. The van der Waals surface area contributed by atoms with Crippen LogP contribution in [0.3, 0.4) is 0 Å². The first-order valence-electron chi connectivity index (χ1n) is 12.4. The molecule has 0 radical (unpaired) electrons. The second kappa shape index (κ2) is 9.72. The largest absolute Gasteiger partial charge is 0.348 e. The van der Waals surface area contributed by atoms with Gasteiger partial charge in [0.1, 0.15) is 12.1 Å². The van der Waals surface area contributed by atoms with E-state index in [0.29, 0.717) is 32.6 Å². The monoisotopic (exact) mass is 476 g/mol. The maximum Gasteiger partial charge on any atom is 0.250 e. The van der Waals surface area contributed by atoms with Crippen molar-refractivity contribution in [1.82, 2.24) is 15.1 Å². The SMILES string of the molecule is CC(NC(=O)CN1CN(c2ccccc2)C2(CCN(C(=O)C(C)(C)C)CC2)C1=O)c1ccccc1. The molecular weight excluding hydrogens is 440 g/mol. The Labute approximate surface area is 208 Å². The number of hydrogen-bond acceptors (Lipinski definition) is 4. The van der Waals surface area contributed by atoms with Gasteiger partial charge in [0.2, 0.25) is 11.8 Å². The standard InChI is InChI=1S/C28H36N4O3/c1-21(22-11-7-5-8-12-22)29-24(33)19-31-20-32(23-13-9-6-10-14-23)28(26(31)35)15-17-30(18-16-28)25(34)27(2,3)4/h5-14,21H,15-20H2,1-4H3,(H,29,33). The Hall–Kier alpha value is -3.35. The summed E-state index contributed by atoms with van der Waals surface area (Å²) >= 11 is 0. The summed E-state index contributed by atoms with van der Waals surface area (Å²) in [5.74, 6) is -0.109. The highest BCUT2D eigenvalue weighted by molar-refractivity contribution is 5.96. The van der Waals surface area contributed by atoms with Crippen LogP contribution in [0.15, 0.2) is 60.7 Å². The summed E-state index contributed by atoms with van der Waals surface area (Å²) < 4.78 is 0. The maximum absolute atomic E-state index is 13.8. The van der Waals surface area contributed by atoms with Gasteiger partial charge in [-0.25, -0.2) is 0 Å². The van der Waals surface area contributed by atoms with Crippen LogP contribution in [0.25, 0.3) is 0 Å². The fraction of sp³-hybridized carbons (Fsp3) is 0.464. The van der Waals surface area contributed by atoms with Crippen molar-refractivity contribution in [1.29, 1.82) is 0 Å². The first-order chi connectivity index (χ1) is 16.6. The van der Waals surface area contributed by atoms with Crippen molar-refractivity contribution >= 4 is 23.4 Å². The number of amides is 3. The molecule has 2 aliphatic rings. The molecule has 186 valence electrons. The molecule has 0 aromatic heterocycles.